The van der Waals surface area contributed by atoms with E-state index in [1.54, 1.807) is 30.3 Å². The fraction of sp³-hybridized carbons (Fsp3) is 0.520. The van der Waals surface area contributed by atoms with E-state index in [0.717, 1.165) is 57.2 Å². The van der Waals surface area contributed by atoms with E-state index in [2.05, 4.69) is 59.3 Å². The standard InChI is InChI=1S/C43H56N6O6.C7H11NO2/c1-9-48-37-13-12-28-21-32(37)33(39(48)34-23-44-15-14-29(34)24-54-8)22-43(4,5)25-55-42(53)35-11-10-16-49(46-35)41(52)36(19-27-17-30(28)20-31(50)18-27)45-40(51)38(26(2)3)47(6)7;1-2-8-4-6(5-9)3-7(8)10/h12-15,17-18,20-21,23,26,35-36,38,46,50H,9-11,16,19,22,24-25H2,1-8H3,(H,45,51);5-6H,2-4H2,1H3/t35-,36?,38?;/m0./s1. The van der Waals surface area contributed by atoms with Crippen molar-refractivity contribution in [2.75, 3.05) is 47.4 Å². The molecule has 2 fully saturated rings. The van der Waals surface area contributed by atoms with Crippen LogP contribution < -0.4 is 10.7 Å². The lowest BCUT2D eigenvalue weighted by molar-refractivity contribution is -0.155. The number of methoxy groups -OCH3 is 1. The summed E-state index contributed by atoms with van der Waals surface area (Å²) in [7, 11) is 5.37. The first-order chi connectivity index (χ1) is 31.0. The number of amides is 3. The number of pyridine rings is 1. The van der Waals surface area contributed by atoms with Crippen LogP contribution in [0.25, 0.3) is 33.3 Å². The van der Waals surface area contributed by atoms with Crippen LogP contribution in [0.5, 0.6) is 5.75 Å². The minimum absolute atomic E-state index is 0.0131. The maximum atomic E-state index is 14.3. The summed E-state index contributed by atoms with van der Waals surface area (Å²) in [6.45, 7) is 15.2. The van der Waals surface area contributed by atoms with Gasteiger partial charge in [-0.2, -0.15) is 0 Å². The van der Waals surface area contributed by atoms with E-state index in [4.69, 9.17) is 9.47 Å². The summed E-state index contributed by atoms with van der Waals surface area (Å²) in [4.78, 5) is 71.1. The number of aromatic hydroxyl groups is 1. The Labute approximate surface area is 382 Å². The molecule has 0 radical (unpaired) electrons. The number of aryl methyl sites for hydroxylation is 1. The first kappa shape index (κ1) is 48.8. The molecule has 2 aromatic heterocycles. The number of aromatic nitrogens is 2. The number of hydrogen-bond acceptors (Lipinski definition) is 11. The molecule has 65 heavy (non-hydrogen) atoms. The molecule has 0 saturated carbocycles. The molecule has 3 unspecified atom stereocenters. The lowest BCUT2D eigenvalue weighted by atomic mass is 9.84. The van der Waals surface area contributed by atoms with Gasteiger partial charge in [-0.3, -0.25) is 34.1 Å². The molecule has 2 aromatic carbocycles. The van der Waals surface area contributed by atoms with Crippen molar-refractivity contribution in [2.24, 2.45) is 17.3 Å². The number of ether oxygens (including phenoxy) is 2. The zero-order chi connectivity index (χ0) is 47.2. The number of rotatable bonds is 10. The van der Waals surface area contributed by atoms with Crippen LogP contribution in [-0.4, -0.2) is 125 Å². The Morgan fingerprint density at radius 3 is 2.49 bits per heavy atom. The zero-order valence-electron chi connectivity index (χ0n) is 39.5. The highest BCUT2D eigenvalue weighted by Gasteiger charge is 2.37. The topological polar surface area (TPSA) is 176 Å². The maximum Gasteiger partial charge on any atom is 0.324 e. The van der Waals surface area contributed by atoms with Gasteiger partial charge in [-0.25, -0.2) is 5.43 Å². The molecule has 350 valence electrons. The maximum absolute atomic E-state index is 14.3. The van der Waals surface area contributed by atoms with Crippen LogP contribution in [0.2, 0.25) is 0 Å². The Hall–Kier alpha value is -5.64. The molecular weight excluding hydrogens is 827 g/mol. The average molecular weight is 894 g/mol. The second-order valence-corrected chi connectivity index (χ2v) is 18.9. The van der Waals surface area contributed by atoms with Gasteiger partial charge in [0.2, 0.25) is 11.8 Å². The smallest absolute Gasteiger partial charge is 0.324 e. The van der Waals surface area contributed by atoms with Crippen LogP contribution in [0.1, 0.15) is 77.5 Å². The van der Waals surface area contributed by atoms with Gasteiger partial charge in [0.15, 0.2) is 0 Å². The third-order valence-corrected chi connectivity index (χ3v) is 12.6. The first-order valence-corrected chi connectivity index (χ1v) is 22.8. The minimum atomic E-state index is -0.973. The van der Waals surface area contributed by atoms with E-state index in [0.29, 0.717) is 57.5 Å². The van der Waals surface area contributed by atoms with Gasteiger partial charge in [0.25, 0.3) is 5.91 Å². The second kappa shape index (κ2) is 21.1. The van der Waals surface area contributed by atoms with Gasteiger partial charge >= 0.3 is 5.97 Å². The third-order valence-electron chi connectivity index (χ3n) is 12.6. The number of carbonyl (C=O) groups excluding carboxylic acids is 5. The van der Waals surface area contributed by atoms with Crippen molar-refractivity contribution >= 4 is 40.9 Å². The van der Waals surface area contributed by atoms with Crippen molar-refractivity contribution in [3.8, 4) is 28.1 Å². The molecule has 0 aliphatic carbocycles. The third kappa shape index (κ3) is 11.3. The molecule has 5 heterocycles. The molecule has 15 nitrogen and oxygen atoms in total. The van der Waals surface area contributed by atoms with Crippen LogP contribution in [-0.2, 0) is 59.4 Å². The van der Waals surface area contributed by atoms with Crippen molar-refractivity contribution in [1.82, 2.24) is 35.1 Å². The van der Waals surface area contributed by atoms with E-state index in [9.17, 15) is 29.1 Å². The Balaban J connectivity index is 0.000000618. The van der Waals surface area contributed by atoms with E-state index in [1.165, 1.54) is 5.01 Å². The predicted octanol–water partition coefficient (Wildman–Crippen LogP) is 5.53. The largest absolute Gasteiger partial charge is 0.508 e. The van der Waals surface area contributed by atoms with Gasteiger partial charge in [-0.15, -0.1) is 0 Å². The first-order valence-electron chi connectivity index (χ1n) is 22.8. The number of likely N-dealkylation sites (N-methyl/N-ethyl adjacent to an activating group) is 1. The Morgan fingerprint density at radius 1 is 1.08 bits per heavy atom. The molecule has 6 bridgehead atoms. The number of likely N-dealkylation sites (tertiary alicyclic amines) is 1. The van der Waals surface area contributed by atoms with E-state index < -0.39 is 29.5 Å². The molecular formula is C50H67N7O8. The highest BCUT2D eigenvalue weighted by molar-refractivity contribution is 5.96. The number of benzene rings is 2. The Kier molecular flexibility index (Phi) is 15.9. The number of carbonyl (C=O) groups is 5. The van der Waals surface area contributed by atoms with Crippen molar-refractivity contribution in [1.29, 1.82) is 0 Å². The predicted molar refractivity (Wildman–Crippen MR) is 249 cm³/mol. The summed E-state index contributed by atoms with van der Waals surface area (Å²) in [5.41, 5.74) is 10.2. The quantitative estimate of drug-likeness (QED) is 0.135. The molecule has 3 aliphatic heterocycles. The number of hydrazine groups is 1. The monoisotopic (exact) mass is 894 g/mol. The summed E-state index contributed by atoms with van der Waals surface area (Å²) in [5.74, 6) is -0.952. The van der Waals surface area contributed by atoms with E-state index in [1.807, 2.05) is 58.1 Å². The number of fused-ring (bicyclic) bond motifs is 6. The van der Waals surface area contributed by atoms with Gasteiger partial charge in [0.1, 0.15) is 24.1 Å². The number of phenolic OH excluding ortho intramolecular Hbond substituents is 1. The van der Waals surface area contributed by atoms with Gasteiger partial charge in [-0.05, 0) is 111 Å². The Morgan fingerprint density at radius 2 is 1.85 bits per heavy atom. The van der Waals surface area contributed by atoms with Crippen molar-refractivity contribution < 1.29 is 38.6 Å². The van der Waals surface area contributed by atoms with Crippen molar-refractivity contribution in [3.05, 3.63) is 71.5 Å². The lowest BCUT2D eigenvalue weighted by Crippen LogP contribution is -2.61. The highest BCUT2D eigenvalue weighted by Crippen LogP contribution is 2.41. The average Bonchev–Trinajstić information content (AvgIpc) is 3.80. The number of nitrogens with one attached hydrogen (secondary N) is 2. The molecule has 3 amide bonds. The zero-order valence-corrected chi connectivity index (χ0v) is 39.5. The molecule has 3 N–H and O–H groups in total. The highest BCUT2D eigenvalue weighted by atomic mass is 16.5. The fourth-order valence-corrected chi connectivity index (χ4v) is 9.52. The number of cyclic esters (lactones) is 1. The normalized spacial score (nSPS) is 20.6. The number of hydrogen-bond donors (Lipinski definition) is 3. The van der Waals surface area contributed by atoms with Crippen LogP contribution in [0.3, 0.4) is 0 Å². The molecule has 0 spiro atoms. The molecule has 4 aromatic rings. The molecule has 15 heteroatoms. The lowest BCUT2D eigenvalue weighted by Gasteiger charge is -2.36. The van der Waals surface area contributed by atoms with Gasteiger partial charge < -0.3 is 34.2 Å². The van der Waals surface area contributed by atoms with E-state index in [-0.39, 0.29) is 48.3 Å². The van der Waals surface area contributed by atoms with Gasteiger partial charge in [0.05, 0.1) is 24.9 Å². The van der Waals surface area contributed by atoms with Crippen LogP contribution in [0.4, 0.5) is 0 Å². The molecule has 3 aliphatic rings. The molecule has 7 rings (SSSR count). The van der Waals surface area contributed by atoms with Crippen molar-refractivity contribution in [2.45, 2.75) is 105 Å². The van der Waals surface area contributed by atoms with Crippen molar-refractivity contribution in [3.63, 3.8) is 0 Å². The summed E-state index contributed by atoms with van der Waals surface area (Å²) in [5, 5.41) is 16.7. The number of nitrogens with zero attached hydrogens (tertiary/aromatic N) is 5. The second-order valence-electron chi connectivity index (χ2n) is 18.9. The number of aldehydes is 1. The van der Waals surface area contributed by atoms with Crippen LogP contribution >= 0.6 is 0 Å². The SMILES string of the molecule is CCN1CC(C=O)CC1=O.CCn1c(-c2cnccc2COC)c2c3cc(ccc31)-c1cc(O)cc(c1)CC(NC(=O)C(C(C)C)N(C)C)C(=O)N1CCC[C@H](N1)C(=O)OCC(C)(C)C2. The summed E-state index contributed by atoms with van der Waals surface area (Å²) in [6.07, 6.45) is 6.76. The fourth-order valence-electron chi connectivity index (χ4n) is 9.52. The summed E-state index contributed by atoms with van der Waals surface area (Å²) < 4.78 is 14.0. The molecule has 2 saturated heterocycles. The minimum Gasteiger partial charge on any atom is -0.508 e. The Bertz CT molecular complexity index is 2370. The van der Waals surface area contributed by atoms with Crippen LogP contribution in [0, 0.1) is 17.3 Å². The number of esters is 1. The van der Waals surface area contributed by atoms with Crippen LogP contribution in [0.15, 0.2) is 54.9 Å². The van der Waals surface area contributed by atoms with Gasteiger partial charge in [-0.1, -0.05) is 39.8 Å². The number of phenols is 1. The summed E-state index contributed by atoms with van der Waals surface area (Å²) >= 11 is 0. The summed E-state index contributed by atoms with van der Waals surface area (Å²) in [6, 6.07) is 11.5. The van der Waals surface area contributed by atoms with Gasteiger partial charge in [0, 0.05) is 86.3 Å². The van der Waals surface area contributed by atoms with E-state index >= 15 is 0 Å². The molecule has 4 atom stereocenters.